The van der Waals surface area contributed by atoms with E-state index in [1.807, 2.05) is 18.2 Å². The predicted molar refractivity (Wildman–Crippen MR) is 55.4 cm³/mol. The van der Waals surface area contributed by atoms with E-state index < -0.39 is 0 Å². The van der Waals surface area contributed by atoms with Crippen LogP contribution in [0.25, 0.3) is 6.08 Å². The second-order valence-electron chi connectivity index (χ2n) is 3.77. The van der Waals surface area contributed by atoms with Gasteiger partial charge in [-0.2, -0.15) is 0 Å². The highest BCUT2D eigenvalue weighted by Gasteiger charge is 2.20. The van der Waals surface area contributed by atoms with Crippen LogP contribution in [0.5, 0.6) is 0 Å². The maximum absolute atomic E-state index is 11.5. The minimum Gasteiger partial charge on any atom is -0.457 e. The highest BCUT2D eigenvalue weighted by Crippen LogP contribution is 2.28. The lowest BCUT2D eigenvalue weighted by Gasteiger charge is -2.03. The Morgan fingerprint density at radius 2 is 2.36 bits per heavy atom. The van der Waals surface area contributed by atoms with Crippen LogP contribution in [0.4, 0.5) is 0 Å². The van der Waals surface area contributed by atoms with Gasteiger partial charge in [0.25, 0.3) is 0 Å². The van der Waals surface area contributed by atoms with Crippen molar-refractivity contribution in [2.75, 3.05) is 0 Å². The lowest BCUT2D eigenvalue weighted by Crippen LogP contribution is -2.00. The summed E-state index contributed by atoms with van der Waals surface area (Å²) in [7, 11) is 0. The van der Waals surface area contributed by atoms with Gasteiger partial charge in [-0.25, -0.2) is 0 Å². The van der Waals surface area contributed by atoms with Gasteiger partial charge in [-0.05, 0) is 12.5 Å². The van der Waals surface area contributed by atoms with E-state index in [4.69, 9.17) is 4.42 Å². The summed E-state index contributed by atoms with van der Waals surface area (Å²) in [6.07, 6.45) is 5.36. The molecule has 1 atom stereocenters. The molecule has 1 aliphatic rings. The van der Waals surface area contributed by atoms with Gasteiger partial charge in [0.05, 0.1) is 0 Å². The second kappa shape index (κ2) is 3.45. The molecule has 2 rings (SSSR count). The van der Waals surface area contributed by atoms with Gasteiger partial charge < -0.3 is 4.42 Å². The van der Waals surface area contributed by atoms with E-state index in [2.05, 4.69) is 13.8 Å². The molecule has 74 valence electrons. The Hall–Kier alpha value is -1.31. The molecule has 0 fully saturated rings. The fraction of sp³-hybridized carbons (Fsp3) is 0.417. The van der Waals surface area contributed by atoms with Crippen molar-refractivity contribution in [3.8, 4) is 0 Å². The lowest BCUT2D eigenvalue weighted by atomic mass is 10.0. The highest BCUT2D eigenvalue weighted by molar-refractivity contribution is 6.00. The van der Waals surface area contributed by atoms with Gasteiger partial charge in [0.1, 0.15) is 5.76 Å². The minimum absolute atomic E-state index is 0.0945. The summed E-state index contributed by atoms with van der Waals surface area (Å²) in [4.78, 5) is 11.5. The first-order valence-electron chi connectivity index (χ1n) is 5.05. The molecule has 0 radical (unpaired) electrons. The van der Waals surface area contributed by atoms with Gasteiger partial charge in [-0.15, -0.1) is 0 Å². The van der Waals surface area contributed by atoms with Crippen molar-refractivity contribution in [1.82, 2.24) is 0 Å². The number of ketones is 1. The van der Waals surface area contributed by atoms with Gasteiger partial charge in [0.15, 0.2) is 5.76 Å². The van der Waals surface area contributed by atoms with Crippen LogP contribution < -0.4 is 0 Å². The molecular weight excluding hydrogens is 176 g/mol. The van der Waals surface area contributed by atoms with Crippen LogP contribution >= 0.6 is 0 Å². The third-order valence-electron chi connectivity index (χ3n) is 2.73. The quantitative estimate of drug-likeness (QED) is 0.715. The summed E-state index contributed by atoms with van der Waals surface area (Å²) in [6.45, 7) is 4.22. The first-order valence-corrected chi connectivity index (χ1v) is 5.05. The molecule has 1 aromatic heterocycles. The zero-order valence-electron chi connectivity index (χ0n) is 8.54. The number of Topliss-reactive ketones (excluding diaryl/α,β-unsaturated/α-hetero) is 1. The summed E-state index contributed by atoms with van der Waals surface area (Å²) in [5.74, 6) is 1.96. The molecule has 0 N–H and O–H groups in total. The Balaban J connectivity index is 2.40. The maximum Gasteiger partial charge on any atom is 0.202 e. The SMILES string of the molecule is CCC(C)c1cc2c(o1)C(=O)CC=C2. The number of furan rings is 1. The van der Waals surface area contributed by atoms with Gasteiger partial charge in [-0.3, -0.25) is 4.79 Å². The van der Waals surface area contributed by atoms with Gasteiger partial charge in [-0.1, -0.05) is 26.0 Å². The summed E-state index contributed by atoms with van der Waals surface area (Å²) in [6, 6.07) is 1.98. The van der Waals surface area contributed by atoms with E-state index in [9.17, 15) is 4.79 Å². The molecular formula is C12H14O2. The predicted octanol–water partition coefficient (Wildman–Crippen LogP) is 3.39. The van der Waals surface area contributed by atoms with E-state index in [1.54, 1.807) is 0 Å². The number of hydrogen-bond donors (Lipinski definition) is 0. The molecule has 0 aliphatic heterocycles. The Labute approximate surface area is 83.6 Å². The number of carbonyl (C=O) groups is 1. The molecule has 1 aromatic rings. The third kappa shape index (κ3) is 1.41. The first kappa shape index (κ1) is 9.25. The third-order valence-corrected chi connectivity index (χ3v) is 2.73. The zero-order valence-corrected chi connectivity index (χ0v) is 8.54. The Kier molecular flexibility index (Phi) is 2.28. The van der Waals surface area contributed by atoms with Crippen LogP contribution in [0.15, 0.2) is 16.6 Å². The number of rotatable bonds is 2. The van der Waals surface area contributed by atoms with Crippen molar-refractivity contribution in [2.45, 2.75) is 32.6 Å². The molecule has 1 aliphatic carbocycles. The van der Waals surface area contributed by atoms with Crippen LogP contribution in [0.1, 0.15) is 54.5 Å². The number of hydrogen-bond acceptors (Lipinski definition) is 2. The molecule has 0 spiro atoms. The van der Waals surface area contributed by atoms with E-state index >= 15 is 0 Å². The molecule has 2 nitrogen and oxygen atoms in total. The second-order valence-corrected chi connectivity index (χ2v) is 3.77. The fourth-order valence-corrected chi connectivity index (χ4v) is 1.60. The summed E-state index contributed by atoms with van der Waals surface area (Å²) in [5, 5.41) is 0. The van der Waals surface area contributed by atoms with Gasteiger partial charge in [0, 0.05) is 17.9 Å². The summed E-state index contributed by atoms with van der Waals surface area (Å²) >= 11 is 0. The monoisotopic (exact) mass is 190 g/mol. The average Bonchev–Trinajstić information content (AvgIpc) is 2.62. The van der Waals surface area contributed by atoms with Crippen molar-refractivity contribution < 1.29 is 9.21 Å². The summed E-state index contributed by atoms with van der Waals surface area (Å²) in [5.41, 5.74) is 0.941. The zero-order chi connectivity index (χ0) is 10.1. The lowest BCUT2D eigenvalue weighted by molar-refractivity contribution is 0.0965. The van der Waals surface area contributed by atoms with Crippen LogP contribution in [-0.2, 0) is 0 Å². The standard InChI is InChI=1S/C12H14O2/c1-3-8(2)11-7-9-5-4-6-10(13)12(9)14-11/h4-5,7-8H,3,6H2,1-2H3. The van der Waals surface area contributed by atoms with Crippen molar-refractivity contribution in [3.63, 3.8) is 0 Å². The Morgan fingerprint density at radius 1 is 1.57 bits per heavy atom. The van der Waals surface area contributed by atoms with E-state index in [0.717, 1.165) is 17.7 Å². The molecule has 0 amide bonds. The number of allylic oxidation sites excluding steroid dienone is 1. The highest BCUT2D eigenvalue weighted by atomic mass is 16.3. The van der Waals surface area contributed by atoms with Gasteiger partial charge in [0.2, 0.25) is 5.78 Å². The maximum atomic E-state index is 11.5. The molecule has 1 unspecified atom stereocenters. The minimum atomic E-state index is 0.0945. The van der Waals surface area contributed by atoms with E-state index in [-0.39, 0.29) is 5.78 Å². The average molecular weight is 190 g/mol. The molecule has 0 bridgehead atoms. The fourth-order valence-electron chi connectivity index (χ4n) is 1.60. The Morgan fingerprint density at radius 3 is 3.00 bits per heavy atom. The van der Waals surface area contributed by atoms with Crippen LogP contribution in [0.2, 0.25) is 0 Å². The van der Waals surface area contributed by atoms with Crippen LogP contribution in [0.3, 0.4) is 0 Å². The molecule has 14 heavy (non-hydrogen) atoms. The van der Waals surface area contributed by atoms with Crippen molar-refractivity contribution >= 4 is 11.9 Å². The molecule has 0 saturated heterocycles. The van der Waals surface area contributed by atoms with Crippen LogP contribution in [-0.4, -0.2) is 5.78 Å². The van der Waals surface area contributed by atoms with Gasteiger partial charge >= 0.3 is 0 Å². The molecule has 2 heteroatoms. The number of fused-ring (bicyclic) bond motifs is 1. The first-order chi connectivity index (χ1) is 6.72. The van der Waals surface area contributed by atoms with E-state index in [0.29, 0.717) is 18.1 Å². The Bertz CT molecular complexity index is 385. The van der Waals surface area contributed by atoms with Crippen LogP contribution in [0, 0.1) is 0 Å². The van der Waals surface area contributed by atoms with Crippen molar-refractivity contribution in [1.29, 1.82) is 0 Å². The van der Waals surface area contributed by atoms with Crippen molar-refractivity contribution in [3.05, 3.63) is 29.2 Å². The molecule has 0 aromatic carbocycles. The summed E-state index contributed by atoms with van der Waals surface area (Å²) < 4.78 is 5.57. The molecule has 1 heterocycles. The van der Waals surface area contributed by atoms with E-state index in [1.165, 1.54) is 0 Å². The molecule has 0 saturated carbocycles. The topological polar surface area (TPSA) is 30.2 Å². The normalized spacial score (nSPS) is 16.9. The smallest absolute Gasteiger partial charge is 0.202 e. The number of carbonyl (C=O) groups excluding carboxylic acids is 1. The largest absolute Gasteiger partial charge is 0.457 e. The van der Waals surface area contributed by atoms with Crippen molar-refractivity contribution in [2.24, 2.45) is 0 Å².